The summed E-state index contributed by atoms with van der Waals surface area (Å²) in [5.74, 6) is -2.54. The number of phenolic OH excluding ortho intramolecular Hbond substituents is 2. The molecule has 3 N–H and O–H groups in total. The maximum Gasteiger partial charge on any atom is 0.375 e. The van der Waals surface area contributed by atoms with Gasteiger partial charge in [-0.1, -0.05) is 24.3 Å². The highest BCUT2D eigenvalue weighted by molar-refractivity contribution is 6.11. The highest BCUT2D eigenvalue weighted by Gasteiger charge is 2.55. The first kappa shape index (κ1) is 24.1. The van der Waals surface area contributed by atoms with Gasteiger partial charge in [-0.3, -0.25) is 0 Å². The van der Waals surface area contributed by atoms with Crippen LogP contribution in [-0.4, -0.2) is 52.7 Å². The topological polar surface area (TPSA) is 123 Å². The molecule has 0 saturated heterocycles. The number of hydrogen-bond acceptors (Lipinski definition) is 8. The zero-order valence-electron chi connectivity index (χ0n) is 19.0. The van der Waals surface area contributed by atoms with Crippen LogP contribution < -0.4 is 0 Å². The van der Waals surface area contributed by atoms with Crippen molar-refractivity contribution in [2.24, 2.45) is 0 Å². The number of rotatable bonds is 8. The standard InChI is InChI=1S/C25H28O8/c1-24(2,32-4)12-11-17-13-15(5-10-19(17)27)14-25(23(30)31-3)20(21(28)22(29)33-25)16-6-8-18(26)9-7-16/h5-10,13,26-28H,11-12,14H2,1-4H3/t25-/m1/s1. The second kappa shape index (κ2) is 9.15. The third kappa shape index (κ3) is 4.80. The largest absolute Gasteiger partial charge is 0.508 e. The fraction of sp³-hybridized carbons (Fsp3) is 0.360. The molecule has 2 aromatic rings. The van der Waals surface area contributed by atoms with Gasteiger partial charge in [-0.2, -0.15) is 0 Å². The second-order valence-electron chi connectivity index (χ2n) is 8.58. The number of cyclic esters (lactones) is 1. The van der Waals surface area contributed by atoms with Gasteiger partial charge in [0.05, 0.1) is 18.3 Å². The molecule has 1 atom stereocenters. The van der Waals surface area contributed by atoms with Crippen LogP contribution in [0.25, 0.3) is 5.57 Å². The third-order valence-electron chi connectivity index (χ3n) is 5.92. The van der Waals surface area contributed by atoms with Gasteiger partial charge in [0.25, 0.3) is 0 Å². The van der Waals surface area contributed by atoms with Gasteiger partial charge in [-0.25, -0.2) is 9.59 Å². The fourth-order valence-corrected chi connectivity index (χ4v) is 3.83. The summed E-state index contributed by atoms with van der Waals surface area (Å²) in [6.07, 6.45) is 1.02. The molecule has 0 spiro atoms. The summed E-state index contributed by atoms with van der Waals surface area (Å²) < 4.78 is 15.8. The van der Waals surface area contributed by atoms with Crippen LogP contribution in [-0.2, 0) is 36.6 Å². The normalized spacial score (nSPS) is 18.4. The van der Waals surface area contributed by atoms with Crippen LogP contribution in [0.1, 0.15) is 37.0 Å². The van der Waals surface area contributed by atoms with E-state index >= 15 is 0 Å². The molecule has 1 heterocycles. The summed E-state index contributed by atoms with van der Waals surface area (Å²) in [7, 11) is 2.78. The first-order chi connectivity index (χ1) is 15.5. The Bertz CT molecular complexity index is 1080. The molecule has 0 fully saturated rings. The molecule has 3 rings (SSSR count). The lowest BCUT2D eigenvalue weighted by Gasteiger charge is -2.28. The fourth-order valence-electron chi connectivity index (χ4n) is 3.83. The van der Waals surface area contributed by atoms with E-state index in [2.05, 4.69) is 0 Å². The molecule has 2 aromatic carbocycles. The van der Waals surface area contributed by atoms with Gasteiger partial charge in [0.2, 0.25) is 11.4 Å². The molecule has 0 radical (unpaired) electrons. The highest BCUT2D eigenvalue weighted by Crippen LogP contribution is 2.43. The maximum absolute atomic E-state index is 13.0. The average molecular weight is 456 g/mol. The van der Waals surface area contributed by atoms with Crippen LogP contribution in [0.4, 0.5) is 0 Å². The van der Waals surface area contributed by atoms with Gasteiger partial charge in [0.15, 0.2) is 0 Å². The van der Waals surface area contributed by atoms with Gasteiger partial charge in [-0.15, -0.1) is 0 Å². The first-order valence-electron chi connectivity index (χ1n) is 10.4. The molecule has 176 valence electrons. The molecule has 0 amide bonds. The summed E-state index contributed by atoms with van der Waals surface area (Å²) in [5, 5.41) is 30.5. The van der Waals surface area contributed by atoms with E-state index in [0.29, 0.717) is 29.5 Å². The van der Waals surface area contributed by atoms with E-state index in [1.807, 2.05) is 13.8 Å². The number of hydrogen-bond donors (Lipinski definition) is 3. The van der Waals surface area contributed by atoms with E-state index in [0.717, 1.165) is 7.11 Å². The lowest BCUT2D eigenvalue weighted by atomic mass is 9.82. The number of benzene rings is 2. The van der Waals surface area contributed by atoms with E-state index in [-0.39, 0.29) is 23.5 Å². The Hall–Kier alpha value is -3.52. The minimum Gasteiger partial charge on any atom is -0.508 e. The minimum atomic E-state index is -1.94. The highest BCUT2D eigenvalue weighted by atomic mass is 16.6. The summed E-state index contributed by atoms with van der Waals surface area (Å²) in [6, 6.07) is 10.5. The molecule has 8 nitrogen and oxygen atoms in total. The molecule has 1 aliphatic rings. The van der Waals surface area contributed by atoms with Crippen LogP contribution in [0.15, 0.2) is 48.2 Å². The van der Waals surface area contributed by atoms with Crippen molar-refractivity contribution in [1.29, 1.82) is 0 Å². The molecule has 0 bridgehead atoms. The number of methoxy groups -OCH3 is 2. The number of aromatic hydroxyl groups is 2. The number of aliphatic hydroxyl groups is 1. The van der Waals surface area contributed by atoms with Gasteiger partial charge in [0, 0.05) is 13.5 Å². The number of carbonyl (C=O) groups is 2. The van der Waals surface area contributed by atoms with Crippen molar-refractivity contribution in [3.05, 3.63) is 64.9 Å². The molecule has 0 saturated carbocycles. The predicted octanol–water partition coefficient (Wildman–Crippen LogP) is 3.44. The average Bonchev–Trinajstić information content (AvgIpc) is 3.04. The molecule has 0 aromatic heterocycles. The molecular weight excluding hydrogens is 428 g/mol. The number of carbonyl (C=O) groups excluding carboxylic acids is 2. The van der Waals surface area contributed by atoms with Gasteiger partial charge in [0.1, 0.15) is 11.5 Å². The van der Waals surface area contributed by atoms with Gasteiger partial charge >= 0.3 is 11.9 Å². The monoisotopic (exact) mass is 456 g/mol. The van der Waals surface area contributed by atoms with Gasteiger partial charge < -0.3 is 29.5 Å². The quantitative estimate of drug-likeness (QED) is 0.517. The SMILES string of the molecule is COC(=O)[C@]1(Cc2ccc(O)c(CCC(C)(C)OC)c2)OC(=O)C(O)=C1c1ccc(O)cc1. The Balaban J connectivity index is 2.04. The van der Waals surface area contributed by atoms with Crippen LogP contribution in [0.2, 0.25) is 0 Å². The second-order valence-corrected chi connectivity index (χ2v) is 8.58. The Labute approximate surface area is 192 Å². The minimum absolute atomic E-state index is 0.0186. The van der Waals surface area contributed by atoms with Crippen LogP contribution in [0, 0.1) is 0 Å². The Morgan fingerprint density at radius 3 is 2.33 bits per heavy atom. The molecule has 33 heavy (non-hydrogen) atoms. The summed E-state index contributed by atoms with van der Waals surface area (Å²) in [4.78, 5) is 25.3. The number of aryl methyl sites for hydroxylation is 1. The van der Waals surface area contributed by atoms with Crippen molar-refractivity contribution in [3.8, 4) is 11.5 Å². The van der Waals surface area contributed by atoms with Crippen molar-refractivity contribution in [2.75, 3.05) is 14.2 Å². The van der Waals surface area contributed by atoms with Crippen molar-refractivity contribution in [3.63, 3.8) is 0 Å². The van der Waals surface area contributed by atoms with Crippen molar-refractivity contribution >= 4 is 17.5 Å². The molecule has 0 aliphatic carbocycles. The number of ether oxygens (including phenoxy) is 3. The third-order valence-corrected chi connectivity index (χ3v) is 5.92. The molecule has 1 aliphatic heterocycles. The van der Waals surface area contributed by atoms with Crippen molar-refractivity contribution in [2.45, 2.75) is 44.3 Å². The van der Waals surface area contributed by atoms with Crippen LogP contribution >= 0.6 is 0 Å². The number of esters is 2. The summed E-state index contributed by atoms with van der Waals surface area (Å²) in [5.41, 5.74) is -0.829. The predicted molar refractivity (Wildman–Crippen MR) is 120 cm³/mol. The lowest BCUT2D eigenvalue weighted by Crippen LogP contribution is -2.44. The zero-order chi connectivity index (χ0) is 24.4. The van der Waals surface area contributed by atoms with Crippen LogP contribution in [0.5, 0.6) is 11.5 Å². The van der Waals surface area contributed by atoms with Crippen LogP contribution in [0.3, 0.4) is 0 Å². The number of phenols is 2. The van der Waals surface area contributed by atoms with E-state index < -0.39 is 28.9 Å². The summed E-state index contributed by atoms with van der Waals surface area (Å²) in [6.45, 7) is 3.88. The van der Waals surface area contributed by atoms with E-state index in [1.54, 1.807) is 19.2 Å². The molecule has 8 heteroatoms. The smallest absolute Gasteiger partial charge is 0.375 e. The molecular formula is C25H28O8. The van der Waals surface area contributed by atoms with E-state index in [1.165, 1.54) is 30.3 Å². The molecule has 0 unspecified atom stereocenters. The first-order valence-corrected chi connectivity index (χ1v) is 10.4. The zero-order valence-corrected chi connectivity index (χ0v) is 19.0. The van der Waals surface area contributed by atoms with Crippen molar-refractivity contribution < 1.29 is 39.1 Å². The maximum atomic E-state index is 13.0. The van der Waals surface area contributed by atoms with E-state index in [9.17, 15) is 24.9 Å². The van der Waals surface area contributed by atoms with E-state index in [4.69, 9.17) is 14.2 Å². The number of aliphatic hydroxyl groups excluding tert-OH is 1. The Morgan fingerprint density at radius 2 is 1.73 bits per heavy atom. The Morgan fingerprint density at radius 1 is 1.06 bits per heavy atom. The van der Waals surface area contributed by atoms with Gasteiger partial charge in [-0.05, 0) is 61.6 Å². The summed E-state index contributed by atoms with van der Waals surface area (Å²) >= 11 is 0. The van der Waals surface area contributed by atoms with Crippen molar-refractivity contribution in [1.82, 2.24) is 0 Å². The lowest BCUT2D eigenvalue weighted by molar-refractivity contribution is -0.169. The Kier molecular flexibility index (Phi) is 6.69.